The van der Waals surface area contributed by atoms with Gasteiger partial charge in [0.25, 0.3) is 0 Å². The Hall–Kier alpha value is -0.880. The van der Waals surface area contributed by atoms with Crippen molar-refractivity contribution in [3.05, 3.63) is 28.2 Å². The van der Waals surface area contributed by atoms with Crippen LogP contribution >= 0.6 is 15.9 Å². The minimum absolute atomic E-state index is 0.110. The molecule has 0 bridgehead atoms. The van der Waals surface area contributed by atoms with Gasteiger partial charge in [-0.05, 0) is 25.0 Å². The van der Waals surface area contributed by atoms with Crippen LogP contribution in [0.15, 0.2) is 27.6 Å². The van der Waals surface area contributed by atoms with E-state index in [2.05, 4.69) is 15.9 Å². The van der Waals surface area contributed by atoms with Gasteiger partial charge in [0.2, 0.25) is 0 Å². The average molecular weight is 333 g/mol. The van der Waals surface area contributed by atoms with Crippen LogP contribution in [0.25, 0.3) is 0 Å². The molecular weight excluding hydrogens is 320 g/mol. The maximum absolute atomic E-state index is 11.8. The third-order valence-electron chi connectivity index (χ3n) is 3.47. The summed E-state index contributed by atoms with van der Waals surface area (Å²) in [6, 6.07) is 4.77. The molecule has 0 heterocycles. The molecule has 0 atom stereocenters. The molecule has 1 N–H and O–H groups in total. The van der Waals surface area contributed by atoms with E-state index in [9.17, 15) is 18.3 Å². The van der Waals surface area contributed by atoms with Crippen LogP contribution in [-0.2, 0) is 20.0 Å². The highest BCUT2D eigenvalue weighted by molar-refractivity contribution is 9.10. The molecule has 1 fully saturated rings. The van der Waals surface area contributed by atoms with Crippen LogP contribution in [0.5, 0.6) is 0 Å². The lowest BCUT2D eigenvalue weighted by atomic mass is 9.64. The predicted molar refractivity (Wildman–Crippen MR) is 70.4 cm³/mol. The number of benzene rings is 1. The van der Waals surface area contributed by atoms with E-state index in [1.165, 1.54) is 6.07 Å². The molecule has 2 rings (SSSR count). The molecule has 1 aromatic carbocycles. The largest absolute Gasteiger partial charge is 0.481 e. The fourth-order valence-electron chi connectivity index (χ4n) is 2.38. The number of hydrogen-bond acceptors (Lipinski definition) is 3. The van der Waals surface area contributed by atoms with E-state index in [0.29, 0.717) is 22.9 Å². The van der Waals surface area contributed by atoms with Crippen molar-refractivity contribution in [1.82, 2.24) is 0 Å². The van der Waals surface area contributed by atoms with Crippen LogP contribution in [-0.4, -0.2) is 25.7 Å². The Morgan fingerprint density at radius 3 is 2.39 bits per heavy atom. The molecule has 1 aromatic rings. The molecule has 0 spiro atoms. The van der Waals surface area contributed by atoms with Gasteiger partial charge >= 0.3 is 5.97 Å². The zero-order chi connectivity index (χ0) is 13.6. The molecule has 0 unspecified atom stereocenters. The topological polar surface area (TPSA) is 71.4 Å². The number of carbonyl (C=O) groups is 1. The highest BCUT2D eigenvalue weighted by atomic mass is 79.9. The summed E-state index contributed by atoms with van der Waals surface area (Å²) < 4.78 is 24.2. The number of carboxylic acid groups (broad SMARTS) is 1. The minimum atomic E-state index is -3.44. The summed E-state index contributed by atoms with van der Waals surface area (Å²) >= 11 is 3.29. The summed E-state index contributed by atoms with van der Waals surface area (Å²) in [6.45, 7) is 0. The van der Waals surface area contributed by atoms with Gasteiger partial charge in [0.15, 0.2) is 9.84 Å². The molecule has 1 saturated carbocycles. The number of carboxylic acids is 1. The maximum Gasteiger partial charge on any atom is 0.314 e. The highest BCUT2D eigenvalue weighted by Crippen LogP contribution is 2.48. The number of rotatable bonds is 3. The predicted octanol–water partition coefficient (Wildman–Crippen LogP) is 2.36. The average Bonchev–Trinajstić information content (AvgIpc) is 2.16. The first-order valence-electron chi connectivity index (χ1n) is 5.51. The van der Waals surface area contributed by atoms with Gasteiger partial charge in [-0.1, -0.05) is 28.4 Å². The lowest BCUT2D eigenvalue weighted by Gasteiger charge is -2.39. The Labute approximate surface area is 114 Å². The molecule has 18 heavy (non-hydrogen) atoms. The van der Waals surface area contributed by atoms with E-state index >= 15 is 0 Å². The molecule has 0 radical (unpaired) electrons. The van der Waals surface area contributed by atoms with Crippen LogP contribution in [0, 0.1) is 0 Å². The second-order valence-corrected chi connectivity index (χ2v) is 7.46. The summed E-state index contributed by atoms with van der Waals surface area (Å²) in [7, 11) is -3.44. The van der Waals surface area contributed by atoms with Crippen molar-refractivity contribution >= 4 is 31.7 Å². The number of aliphatic carboxylic acids is 1. The van der Waals surface area contributed by atoms with Crippen molar-refractivity contribution in [2.24, 2.45) is 0 Å². The molecule has 0 saturated heterocycles. The van der Waals surface area contributed by atoms with Crippen LogP contribution in [0.3, 0.4) is 0 Å². The molecule has 1 aliphatic rings. The lowest BCUT2D eigenvalue weighted by Crippen LogP contribution is -2.43. The van der Waals surface area contributed by atoms with Gasteiger partial charge in [0, 0.05) is 16.3 Å². The quantitative estimate of drug-likeness (QED) is 0.922. The maximum atomic E-state index is 11.8. The zero-order valence-corrected chi connectivity index (χ0v) is 12.2. The Balaban J connectivity index is 2.74. The molecule has 6 heteroatoms. The monoisotopic (exact) mass is 332 g/mol. The molecular formula is C12H13BrO4S. The van der Waals surface area contributed by atoms with Crippen LogP contribution in [0.4, 0.5) is 0 Å². The number of halogens is 1. The summed E-state index contributed by atoms with van der Waals surface area (Å²) in [6.07, 6.45) is 2.87. The van der Waals surface area contributed by atoms with Gasteiger partial charge in [-0.15, -0.1) is 0 Å². The SMILES string of the molecule is CS(=O)(=O)c1cccc(Br)c1C1(C(=O)O)CCC1. The van der Waals surface area contributed by atoms with E-state index < -0.39 is 21.2 Å². The van der Waals surface area contributed by atoms with E-state index in [4.69, 9.17) is 0 Å². The first-order chi connectivity index (χ1) is 8.29. The summed E-state index contributed by atoms with van der Waals surface area (Å²) in [4.78, 5) is 11.6. The van der Waals surface area contributed by atoms with Crippen LogP contribution < -0.4 is 0 Å². The van der Waals surface area contributed by atoms with Gasteiger partial charge < -0.3 is 5.11 Å². The van der Waals surface area contributed by atoms with Crippen molar-refractivity contribution in [2.45, 2.75) is 29.6 Å². The van der Waals surface area contributed by atoms with Crippen molar-refractivity contribution in [1.29, 1.82) is 0 Å². The molecule has 0 aliphatic heterocycles. The normalized spacial score (nSPS) is 18.1. The van der Waals surface area contributed by atoms with E-state index in [1.54, 1.807) is 12.1 Å². The Kier molecular flexibility index (Phi) is 3.27. The smallest absolute Gasteiger partial charge is 0.314 e. The van der Waals surface area contributed by atoms with E-state index in [0.717, 1.165) is 12.7 Å². The molecule has 1 aliphatic carbocycles. The Morgan fingerprint density at radius 2 is 2.00 bits per heavy atom. The molecule has 0 amide bonds. The molecule has 98 valence electrons. The molecule has 0 aromatic heterocycles. The van der Waals surface area contributed by atoms with Crippen LogP contribution in [0.1, 0.15) is 24.8 Å². The van der Waals surface area contributed by atoms with Gasteiger partial charge in [-0.2, -0.15) is 0 Å². The Bertz CT molecular complexity index is 603. The molecule has 4 nitrogen and oxygen atoms in total. The first kappa shape index (κ1) is 13.5. The number of hydrogen-bond donors (Lipinski definition) is 1. The van der Waals surface area contributed by atoms with E-state index in [1.807, 2.05) is 0 Å². The standard InChI is InChI=1S/C12H13BrO4S/c1-18(16,17)9-5-2-4-8(13)10(9)12(11(14)15)6-3-7-12/h2,4-5H,3,6-7H2,1H3,(H,14,15). The second-order valence-electron chi connectivity index (χ2n) is 4.63. The van der Waals surface area contributed by atoms with Crippen molar-refractivity contribution < 1.29 is 18.3 Å². The van der Waals surface area contributed by atoms with E-state index in [-0.39, 0.29) is 4.90 Å². The zero-order valence-electron chi connectivity index (χ0n) is 9.81. The van der Waals surface area contributed by atoms with Crippen molar-refractivity contribution in [3.63, 3.8) is 0 Å². The third-order valence-corrected chi connectivity index (χ3v) is 5.27. The van der Waals surface area contributed by atoms with Crippen molar-refractivity contribution in [3.8, 4) is 0 Å². The van der Waals surface area contributed by atoms with Gasteiger partial charge in [-0.25, -0.2) is 8.42 Å². The van der Waals surface area contributed by atoms with Crippen LogP contribution in [0.2, 0.25) is 0 Å². The van der Waals surface area contributed by atoms with Crippen molar-refractivity contribution in [2.75, 3.05) is 6.26 Å². The summed E-state index contributed by atoms with van der Waals surface area (Å²) in [5.41, 5.74) is -0.662. The summed E-state index contributed by atoms with van der Waals surface area (Å²) in [5, 5.41) is 9.44. The first-order valence-corrected chi connectivity index (χ1v) is 8.20. The fourth-order valence-corrected chi connectivity index (χ4v) is 4.26. The lowest BCUT2D eigenvalue weighted by molar-refractivity contribution is -0.147. The summed E-state index contributed by atoms with van der Waals surface area (Å²) in [5.74, 6) is -0.953. The van der Waals surface area contributed by atoms with Gasteiger partial charge in [-0.3, -0.25) is 4.79 Å². The number of sulfone groups is 1. The van der Waals surface area contributed by atoms with Gasteiger partial charge in [0.05, 0.1) is 10.3 Å². The minimum Gasteiger partial charge on any atom is -0.481 e. The fraction of sp³-hybridized carbons (Fsp3) is 0.417. The Morgan fingerprint density at radius 1 is 1.39 bits per heavy atom. The second kappa shape index (κ2) is 4.35. The van der Waals surface area contributed by atoms with Gasteiger partial charge in [0.1, 0.15) is 0 Å². The highest BCUT2D eigenvalue weighted by Gasteiger charge is 2.49. The third kappa shape index (κ3) is 1.97.